The van der Waals surface area contributed by atoms with Crippen LogP contribution in [0.5, 0.6) is 0 Å². The van der Waals surface area contributed by atoms with Crippen molar-refractivity contribution in [2.24, 2.45) is 4.99 Å². The third-order valence-electron chi connectivity index (χ3n) is 3.80. The second-order valence-electron chi connectivity index (χ2n) is 5.31. The molecule has 2 aliphatic rings. The monoisotopic (exact) mass is 304 g/mol. The number of hydrogen-bond acceptors (Lipinski definition) is 7. The van der Waals surface area contributed by atoms with E-state index in [9.17, 15) is 15.3 Å². The first-order valence-corrected chi connectivity index (χ1v) is 8.08. The Hall–Kier alpha value is -0.340. The van der Waals surface area contributed by atoms with Gasteiger partial charge in [-0.15, -0.1) is 0 Å². The minimum absolute atomic E-state index is 0.346. The second-order valence-corrected chi connectivity index (χ2v) is 6.39. The fourth-order valence-electron chi connectivity index (χ4n) is 2.59. The van der Waals surface area contributed by atoms with Crippen LogP contribution in [-0.2, 0) is 4.74 Å². The summed E-state index contributed by atoms with van der Waals surface area (Å²) in [6.45, 7) is 2.10. The molecule has 0 amide bonds. The van der Waals surface area contributed by atoms with Gasteiger partial charge in [0, 0.05) is 7.05 Å². The van der Waals surface area contributed by atoms with Crippen LogP contribution in [0.1, 0.15) is 32.6 Å². The second kappa shape index (κ2) is 7.09. The number of thioether (sulfide) groups is 1. The van der Waals surface area contributed by atoms with Gasteiger partial charge in [0.2, 0.25) is 0 Å². The number of hydrogen-bond donors (Lipinski definition) is 4. The quantitative estimate of drug-likeness (QED) is 0.537. The van der Waals surface area contributed by atoms with E-state index in [4.69, 9.17) is 4.74 Å². The van der Waals surface area contributed by atoms with Gasteiger partial charge < -0.3 is 25.4 Å². The number of aliphatic hydroxyl groups is 3. The van der Waals surface area contributed by atoms with Gasteiger partial charge in [-0.3, -0.25) is 4.99 Å². The number of amidine groups is 1. The third-order valence-corrected chi connectivity index (χ3v) is 4.95. The Morgan fingerprint density at radius 3 is 2.75 bits per heavy atom. The maximum atomic E-state index is 10.2. The molecule has 1 saturated heterocycles. The fraction of sp³-hybridized carbons (Fsp3) is 0.923. The molecule has 20 heavy (non-hydrogen) atoms. The number of aliphatic hydroxyl groups excluding tert-OH is 3. The maximum absolute atomic E-state index is 10.2. The number of aliphatic imine (C=N–C) groups is 1. The van der Waals surface area contributed by atoms with Crippen molar-refractivity contribution < 1.29 is 20.1 Å². The van der Waals surface area contributed by atoms with Gasteiger partial charge in [0.05, 0.1) is 6.10 Å². The van der Waals surface area contributed by atoms with E-state index in [0.717, 1.165) is 19.3 Å². The molecule has 0 bridgehead atoms. The highest BCUT2D eigenvalue weighted by Crippen LogP contribution is 2.37. The standard InChI is InChI=1S/C13H24N2O4S/c1-3-4-5-6-7(16)11-10(18)9(17)8-12(19-11)20-13(14-2)15-8/h7-12,16-18H,3-6H2,1-2H3,(H,14,15)/t7-,8-,9-,10+,11-,12?/m1/s1. The van der Waals surface area contributed by atoms with Crippen LogP contribution in [0.15, 0.2) is 4.99 Å². The lowest BCUT2D eigenvalue weighted by atomic mass is 9.92. The Morgan fingerprint density at radius 1 is 1.35 bits per heavy atom. The zero-order valence-corrected chi connectivity index (χ0v) is 12.7. The first-order chi connectivity index (χ1) is 9.58. The van der Waals surface area contributed by atoms with E-state index in [1.807, 2.05) is 0 Å². The predicted octanol–water partition coefficient (Wildman–Crippen LogP) is 0.0651. The zero-order valence-electron chi connectivity index (χ0n) is 11.9. The molecule has 0 radical (unpaired) electrons. The van der Waals surface area contributed by atoms with E-state index < -0.39 is 30.5 Å². The summed E-state index contributed by atoms with van der Waals surface area (Å²) in [6, 6.07) is -0.475. The Morgan fingerprint density at radius 2 is 2.10 bits per heavy atom. The van der Waals surface area contributed by atoms with Crippen molar-refractivity contribution in [2.75, 3.05) is 7.05 Å². The van der Waals surface area contributed by atoms with Crippen LogP contribution in [-0.4, -0.2) is 63.4 Å². The number of nitrogens with one attached hydrogen (secondary N) is 1. The van der Waals surface area contributed by atoms with Crippen LogP contribution in [0.3, 0.4) is 0 Å². The SMILES string of the molecule is CCCCC[C@@H](O)[C@H]1OC2SC(NC)=N[C@@H]2[C@@H](O)[C@@H]1O. The minimum Gasteiger partial charge on any atom is -0.390 e. The number of unbranched alkanes of at least 4 members (excludes halogenated alkanes) is 2. The molecule has 0 saturated carbocycles. The van der Waals surface area contributed by atoms with Crippen molar-refractivity contribution in [3.63, 3.8) is 0 Å². The number of ether oxygens (including phenoxy) is 1. The van der Waals surface area contributed by atoms with Gasteiger partial charge in [0.25, 0.3) is 0 Å². The molecule has 2 heterocycles. The van der Waals surface area contributed by atoms with Crippen LogP contribution in [0.4, 0.5) is 0 Å². The van der Waals surface area contributed by atoms with Crippen LogP contribution < -0.4 is 5.32 Å². The largest absolute Gasteiger partial charge is 0.390 e. The van der Waals surface area contributed by atoms with E-state index in [2.05, 4.69) is 17.2 Å². The number of nitrogens with zero attached hydrogens (tertiary/aromatic N) is 1. The predicted molar refractivity (Wildman–Crippen MR) is 78.7 cm³/mol. The zero-order chi connectivity index (χ0) is 14.7. The van der Waals surface area contributed by atoms with Crippen molar-refractivity contribution in [3.05, 3.63) is 0 Å². The molecular weight excluding hydrogens is 280 g/mol. The van der Waals surface area contributed by atoms with Gasteiger partial charge in [0.1, 0.15) is 29.8 Å². The van der Waals surface area contributed by atoms with E-state index >= 15 is 0 Å². The molecule has 6 atom stereocenters. The number of rotatable bonds is 5. The summed E-state index contributed by atoms with van der Waals surface area (Å²) in [4.78, 5) is 4.28. The molecular formula is C13H24N2O4S. The van der Waals surface area contributed by atoms with Gasteiger partial charge in [-0.2, -0.15) is 0 Å². The summed E-state index contributed by atoms with van der Waals surface area (Å²) < 4.78 is 5.77. The van der Waals surface area contributed by atoms with Crippen molar-refractivity contribution in [1.29, 1.82) is 0 Å². The van der Waals surface area contributed by atoms with Gasteiger partial charge >= 0.3 is 0 Å². The highest BCUT2D eigenvalue weighted by Gasteiger charge is 2.49. The van der Waals surface area contributed by atoms with Gasteiger partial charge in [0.15, 0.2) is 5.17 Å². The van der Waals surface area contributed by atoms with E-state index in [0.29, 0.717) is 11.6 Å². The summed E-state index contributed by atoms with van der Waals surface area (Å²) in [5, 5.41) is 34.1. The summed E-state index contributed by atoms with van der Waals surface area (Å²) in [7, 11) is 1.75. The van der Waals surface area contributed by atoms with Gasteiger partial charge in [-0.1, -0.05) is 37.9 Å². The molecule has 2 aliphatic heterocycles. The minimum atomic E-state index is -1.10. The fourth-order valence-corrected chi connectivity index (χ4v) is 3.66. The molecule has 6 nitrogen and oxygen atoms in total. The highest BCUT2D eigenvalue weighted by molar-refractivity contribution is 8.14. The summed E-state index contributed by atoms with van der Waals surface area (Å²) in [5.74, 6) is 0. The smallest absolute Gasteiger partial charge is 0.159 e. The average Bonchev–Trinajstić information content (AvgIpc) is 2.86. The van der Waals surface area contributed by atoms with Crippen molar-refractivity contribution in [2.45, 2.75) is 68.5 Å². The van der Waals surface area contributed by atoms with Crippen LogP contribution >= 0.6 is 11.8 Å². The molecule has 1 fully saturated rings. The Balaban J connectivity index is 1.96. The molecule has 0 spiro atoms. The number of fused-ring (bicyclic) bond motifs is 1. The molecule has 1 unspecified atom stereocenters. The van der Waals surface area contributed by atoms with Crippen LogP contribution in [0, 0.1) is 0 Å². The first-order valence-electron chi connectivity index (χ1n) is 7.20. The molecule has 7 heteroatoms. The molecule has 0 aliphatic carbocycles. The maximum Gasteiger partial charge on any atom is 0.159 e. The van der Waals surface area contributed by atoms with Gasteiger partial charge in [-0.25, -0.2) is 0 Å². The summed E-state index contributed by atoms with van der Waals surface area (Å²) >= 11 is 1.38. The molecule has 0 aromatic heterocycles. The molecule has 4 N–H and O–H groups in total. The lowest BCUT2D eigenvalue weighted by Gasteiger charge is -2.40. The van der Waals surface area contributed by atoms with Crippen LogP contribution in [0.25, 0.3) is 0 Å². The lowest BCUT2D eigenvalue weighted by Crippen LogP contribution is -2.58. The normalized spacial score (nSPS) is 38.2. The lowest BCUT2D eigenvalue weighted by molar-refractivity contribution is -0.185. The Kier molecular flexibility index (Phi) is 5.68. The van der Waals surface area contributed by atoms with E-state index in [1.54, 1.807) is 7.05 Å². The average molecular weight is 304 g/mol. The molecule has 0 aromatic carbocycles. The van der Waals surface area contributed by atoms with Crippen LogP contribution in [0.2, 0.25) is 0 Å². The summed E-state index contributed by atoms with van der Waals surface area (Å²) in [5.41, 5.74) is -0.346. The van der Waals surface area contributed by atoms with Crippen molar-refractivity contribution >= 4 is 16.9 Å². The molecule has 0 aromatic rings. The molecule has 2 rings (SSSR count). The summed E-state index contributed by atoms with van der Waals surface area (Å²) in [6.07, 6.45) is -0.0384. The first kappa shape index (κ1) is 16.0. The highest BCUT2D eigenvalue weighted by atomic mass is 32.2. The van der Waals surface area contributed by atoms with Crippen molar-refractivity contribution in [3.8, 4) is 0 Å². The van der Waals surface area contributed by atoms with Crippen molar-refractivity contribution in [1.82, 2.24) is 5.32 Å². The Labute approximate surface area is 123 Å². The van der Waals surface area contributed by atoms with Gasteiger partial charge in [-0.05, 0) is 6.42 Å². The Bertz CT molecular complexity index is 355. The third kappa shape index (κ3) is 3.28. The topological polar surface area (TPSA) is 94.3 Å². The molecule has 116 valence electrons. The van der Waals surface area contributed by atoms with E-state index in [1.165, 1.54) is 11.8 Å². The van der Waals surface area contributed by atoms with E-state index in [-0.39, 0.29) is 5.44 Å².